The summed E-state index contributed by atoms with van der Waals surface area (Å²) in [6.07, 6.45) is 9.06. The van der Waals surface area contributed by atoms with Gasteiger partial charge in [-0.1, -0.05) is 123 Å². The molecule has 8 aromatic heterocycles. The number of carbonyl (C=O) groups is 7. The molecule has 4 aliphatic heterocycles. The average Bonchev–Trinajstić information content (AvgIpc) is 1.04. The van der Waals surface area contributed by atoms with Gasteiger partial charge >= 0.3 is 29.2 Å². The molecule has 128 heavy (non-hydrogen) atoms. The van der Waals surface area contributed by atoms with E-state index in [4.69, 9.17) is 18.6 Å². The number of thiophene rings is 3. The number of hydrogen-bond acceptors (Lipinski definition) is 24. The molecule has 0 radical (unpaired) electrons. The Morgan fingerprint density at radius 1 is 0.438 bits per heavy atom. The van der Waals surface area contributed by atoms with E-state index >= 15 is 0 Å². The van der Waals surface area contributed by atoms with Crippen LogP contribution in [0.4, 0.5) is 28.4 Å². The molecule has 1 aliphatic carbocycles. The maximum Gasteiger partial charge on any atom is 0.357 e. The minimum absolute atomic E-state index is 0.0166. The van der Waals surface area contributed by atoms with Crippen molar-refractivity contribution in [3.8, 4) is 0 Å². The SMILES string of the molecule is CC(C)OC(=O)c1c(N2CCN(C(=O)c3cccs3)CC2)c2ccccc2n(C)c1=O.CCOC(=O)c1c(N2CCN(C(=O)Cc3cccs3)CC2)c2ccccc2n(C)c1=O.CCOC(=O)c1c(N2CCN(C(=O)c3ccco3)CC2)c2ccccc2n(CCC2CCCCC2)c1=O.Cn1c(=O)c([N+](=O)[O-])c(N2CCN(C(=O)Cc3cccs3)CC2)c2ccccc21. The van der Waals surface area contributed by atoms with Gasteiger partial charge in [0, 0.05) is 164 Å². The van der Waals surface area contributed by atoms with Gasteiger partial charge in [-0.05, 0) is 111 Å². The molecule has 12 aromatic rings. The molecule has 33 heteroatoms. The monoisotopic (exact) mass is 1800 g/mol. The van der Waals surface area contributed by atoms with Crippen molar-refractivity contribution in [2.24, 2.45) is 27.1 Å². The van der Waals surface area contributed by atoms with Gasteiger partial charge in [0.15, 0.2) is 5.76 Å². The van der Waals surface area contributed by atoms with Crippen LogP contribution in [-0.2, 0) is 64.3 Å². The summed E-state index contributed by atoms with van der Waals surface area (Å²) in [7, 11) is 4.87. The van der Waals surface area contributed by atoms with E-state index in [0.29, 0.717) is 174 Å². The van der Waals surface area contributed by atoms with Gasteiger partial charge in [0.25, 0.3) is 28.5 Å². The highest BCUT2D eigenvalue weighted by atomic mass is 32.1. The summed E-state index contributed by atoms with van der Waals surface area (Å²) < 4.78 is 27.4. The number of esters is 3. The fraction of sp³-hybridized carbons (Fsp3) is 0.379. The highest BCUT2D eigenvalue weighted by Gasteiger charge is 2.37. The maximum absolute atomic E-state index is 13.9. The first-order valence-electron chi connectivity index (χ1n) is 43.4. The van der Waals surface area contributed by atoms with Gasteiger partial charge < -0.3 is 76.1 Å². The quantitative estimate of drug-likeness (QED) is 0.0296. The van der Waals surface area contributed by atoms with Gasteiger partial charge in [-0.15, -0.1) is 34.0 Å². The van der Waals surface area contributed by atoms with Gasteiger partial charge in [-0.25, -0.2) is 14.4 Å². The van der Waals surface area contributed by atoms with Crippen molar-refractivity contribution in [1.29, 1.82) is 0 Å². The van der Waals surface area contributed by atoms with Crippen molar-refractivity contribution in [3.05, 3.63) is 257 Å². The summed E-state index contributed by atoms with van der Waals surface area (Å²) in [5.41, 5.74) is 3.25. The number of nitrogens with zero attached hydrogens (tertiary/aromatic N) is 13. The van der Waals surface area contributed by atoms with Crippen molar-refractivity contribution in [2.75, 3.05) is 138 Å². The van der Waals surface area contributed by atoms with Crippen LogP contribution >= 0.6 is 34.0 Å². The first kappa shape index (κ1) is 91.2. The summed E-state index contributed by atoms with van der Waals surface area (Å²) in [5, 5.41) is 20.7. The van der Waals surface area contributed by atoms with Gasteiger partial charge in [0.2, 0.25) is 11.8 Å². The molecule has 1 saturated carbocycles. The molecule has 0 bridgehead atoms. The number of piperazine rings is 4. The lowest BCUT2D eigenvalue weighted by Gasteiger charge is -2.37. The fourth-order valence-electron chi connectivity index (χ4n) is 17.6. The lowest BCUT2D eigenvalue weighted by atomic mass is 9.87. The van der Waals surface area contributed by atoms with Crippen molar-refractivity contribution < 1.29 is 57.1 Å². The molecule has 30 nitrogen and oxygen atoms in total. The highest BCUT2D eigenvalue weighted by Crippen LogP contribution is 2.38. The van der Waals surface area contributed by atoms with Gasteiger partial charge in [0.05, 0.1) is 87.4 Å². The summed E-state index contributed by atoms with van der Waals surface area (Å²) in [6.45, 7) is 15.9. The minimum atomic E-state index is -0.625. The number of nitro groups is 1. The molecule has 0 N–H and O–H groups in total. The van der Waals surface area contributed by atoms with Crippen molar-refractivity contribution in [3.63, 3.8) is 0 Å². The number of fused-ring (bicyclic) bond motifs is 4. The molecule has 0 atom stereocenters. The van der Waals surface area contributed by atoms with E-state index in [-0.39, 0.29) is 76.3 Å². The summed E-state index contributed by atoms with van der Waals surface area (Å²) in [4.78, 5) is 172. The molecule has 17 rings (SSSR count). The molecular formula is C95H105N13O17S3. The standard InChI is InChI=1S/C29H35N3O5.2C23H25N3O4S.C20H20N4O4S/c1-2-36-29(35)25-26(30-16-18-31(19-17-30)27(33)24-13-8-20-37-24)22-11-6-7-12-23(22)32(28(25)34)15-14-21-9-4-3-5-10-21;1-15(2)30-23(29)19-20(16-7-4-5-8-17(16)24(3)22(19)28)25-10-12-26(13-11-25)21(27)18-9-6-14-31-18;1-3-30-23(29)20-21(17-8-4-5-9-18(17)24(2)22(20)28)26-12-10-25(11-13-26)19(27)15-16-7-6-14-31-16;1-21-16-7-3-2-6-15(16)18(19(20(21)26)24(27)28)23-10-8-22(9-11-23)17(25)13-14-5-4-12-29-14/h6-8,11-13,20-21H,2-5,9-10,14-19H2,1H3;4-9,14-15H,10-13H2,1-3H3;4-9,14H,3,10-13,15H2,1-2H3;2-7,12H,8-11,13H2,1H3. The van der Waals surface area contributed by atoms with Crippen molar-refractivity contribution >= 4 is 148 Å². The number of rotatable bonds is 20. The lowest BCUT2D eigenvalue weighted by molar-refractivity contribution is -0.385. The van der Waals surface area contributed by atoms with Crippen LogP contribution in [0, 0.1) is 16.0 Å². The van der Waals surface area contributed by atoms with Crippen LogP contribution in [-0.4, -0.2) is 208 Å². The third-order valence-electron chi connectivity index (χ3n) is 24.1. The first-order chi connectivity index (χ1) is 61.9. The smallest absolute Gasteiger partial charge is 0.357 e. The number of pyridine rings is 4. The van der Waals surface area contributed by atoms with E-state index < -0.39 is 34.1 Å². The molecule has 5 fully saturated rings. The lowest BCUT2D eigenvalue weighted by Crippen LogP contribution is -2.50. The zero-order valence-electron chi connectivity index (χ0n) is 72.9. The third-order valence-corrected chi connectivity index (χ3v) is 26.7. The number of anilines is 4. The number of benzene rings is 4. The molecule has 12 heterocycles. The predicted molar refractivity (Wildman–Crippen MR) is 499 cm³/mol. The van der Waals surface area contributed by atoms with Crippen LogP contribution in [0.25, 0.3) is 43.6 Å². The molecule has 4 saturated heterocycles. The first-order valence-corrected chi connectivity index (χ1v) is 46.0. The second kappa shape index (κ2) is 41.6. The normalized spacial score (nSPS) is 15.0. The second-order valence-electron chi connectivity index (χ2n) is 32.2. The number of para-hydroxylation sites is 4. The van der Waals surface area contributed by atoms with E-state index in [1.807, 2.05) is 155 Å². The minimum Gasteiger partial charge on any atom is -0.462 e. The molecule has 4 amide bonds. The van der Waals surface area contributed by atoms with Crippen LogP contribution in [0.2, 0.25) is 0 Å². The number of amides is 4. The van der Waals surface area contributed by atoms with Gasteiger partial charge in [-0.2, -0.15) is 0 Å². The van der Waals surface area contributed by atoms with E-state index in [0.717, 1.165) is 48.9 Å². The predicted octanol–water partition coefficient (Wildman–Crippen LogP) is 12.9. The second-order valence-corrected chi connectivity index (χ2v) is 35.2. The van der Waals surface area contributed by atoms with E-state index in [2.05, 4.69) is 0 Å². The zero-order valence-corrected chi connectivity index (χ0v) is 75.3. The molecule has 5 aliphatic rings. The molecule has 670 valence electrons. The Bertz CT molecular complexity index is 6280. The molecule has 0 spiro atoms. The summed E-state index contributed by atoms with van der Waals surface area (Å²) in [6, 6.07) is 44.9. The summed E-state index contributed by atoms with van der Waals surface area (Å²) in [5.74, 6) is -0.878. The Balaban J connectivity index is 0.000000139. The van der Waals surface area contributed by atoms with Crippen LogP contribution in [0.5, 0.6) is 0 Å². The van der Waals surface area contributed by atoms with E-state index in [1.165, 1.54) is 63.4 Å². The molecule has 4 aromatic carbocycles. The average molecular weight is 1800 g/mol. The molecular weight excluding hydrogens is 1690 g/mol. The van der Waals surface area contributed by atoms with Crippen LogP contribution in [0.1, 0.15) is 127 Å². The highest BCUT2D eigenvalue weighted by molar-refractivity contribution is 7.12. The van der Waals surface area contributed by atoms with Gasteiger partial charge in [0.1, 0.15) is 22.4 Å². The Morgan fingerprint density at radius 2 is 0.828 bits per heavy atom. The number of furan rings is 1. The maximum atomic E-state index is 13.9. The third kappa shape index (κ3) is 20.0. The molecule has 0 unspecified atom stereocenters. The zero-order chi connectivity index (χ0) is 90.4. The van der Waals surface area contributed by atoms with Gasteiger partial charge in [-0.3, -0.25) is 48.5 Å². The van der Waals surface area contributed by atoms with Crippen molar-refractivity contribution in [2.45, 2.75) is 91.7 Å². The largest absolute Gasteiger partial charge is 0.462 e. The van der Waals surface area contributed by atoms with E-state index in [9.17, 15) is 62.9 Å². The van der Waals surface area contributed by atoms with Crippen LogP contribution in [0.3, 0.4) is 0 Å². The number of carbonyl (C=O) groups excluding carboxylic acids is 7. The number of ether oxygens (including phenoxy) is 3. The number of aromatic nitrogens is 4. The Kier molecular flexibility index (Phi) is 29.7. The fourth-order valence-corrected chi connectivity index (χ4v) is 19.7. The van der Waals surface area contributed by atoms with E-state index in [1.54, 1.807) is 122 Å². The Labute approximate surface area is 751 Å². The Morgan fingerprint density at radius 3 is 1.24 bits per heavy atom. The van der Waals surface area contributed by atoms with Crippen LogP contribution < -0.4 is 41.8 Å². The summed E-state index contributed by atoms with van der Waals surface area (Å²) >= 11 is 4.56. The topological polar surface area (TPSA) is 317 Å². The number of hydrogen-bond donors (Lipinski definition) is 0. The van der Waals surface area contributed by atoms with Crippen LogP contribution in [0.15, 0.2) is 192 Å². The Hall–Kier alpha value is -13.0. The number of aryl methyl sites for hydroxylation is 4. The van der Waals surface area contributed by atoms with Crippen molar-refractivity contribution in [1.82, 2.24) is 37.9 Å².